The largest absolute Gasteiger partial charge is 0.492 e. The number of hydrogen-bond donors (Lipinski definition) is 1. The Labute approximate surface area is 162 Å². The van der Waals surface area contributed by atoms with Gasteiger partial charge in [-0.2, -0.15) is 0 Å². The Bertz CT molecular complexity index is 879. The third-order valence-corrected chi connectivity index (χ3v) is 5.00. The lowest BCUT2D eigenvalue weighted by Crippen LogP contribution is -2.18. The molecule has 27 heavy (non-hydrogen) atoms. The van der Waals surface area contributed by atoms with E-state index in [1.54, 1.807) is 19.1 Å². The van der Waals surface area contributed by atoms with Crippen molar-refractivity contribution in [3.63, 3.8) is 0 Å². The van der Waals surface area contributed by atoms with Crippen LogP contribution < -0.4 is 9.47 Å². The van der Waals surface area contributed by atoms with E-state index in [9.17, 15) is 9.18 Å². The van der Waals surface area contributed by atoms with Crippen LogP contribution in [0.25, 0.3) is 0 Å². The van der Waals surface area contributed by atoms with Gasteiger partial charge in [0.05, 0.1) is 12.5 Å². The molecule has 1 aliphatic rings. The van der Waals surface area contributed by atoms with E-state index < -0.39 is 17.7 Å². The number of carbonyl (C=O) groups is 1. The van der Waals surface area contributed by atoms with Crippen LogP contribution in [0.15, 0.2) is 30.3 Å². The van der Waals surface area contributed by atoms with E-state index in [1.165, 1.54) is 12.1 Å². The molecule has 0 saturated heterocycles. The zero-order chi connectivity index (χ0) is 19.8. The Hall–Kier alpha value is -2.27. The average Bonchev–Trinajstić information content (AvgIpc) is 2.89. The van der Waals surface area contributed by atoms with Crippen LogP contribution in [-0.4, -0.2) is 17.7 Å². The summed E-state index contributed by atoms with van der Waals surface area (Å²) in [5, 5.41) is 9.56. The van der Waals surface area contributed by atoms with Gasteiger partial charge in [-0.1, -0.05) is 38.4 Å². The summed E-state index contributed by atoms with van der Waals surface area (Å²) in [7, 11) is 0. The fourth-order valence-corrected chi connectivity index (χ4v) is 3.39. The minimum absolute atomic E-state index is 0.104. The molecule has 144 valence electrons. The number of carboxylic acid groups (broad SMARTS) is 1. The molecule has 0 aliphatic carbocycles. The maximum absolute atomic E-state index is 14.4. The second-order valence-corrected chi connectivity index (χ2v) is 8.05. The van der Waals surface area contributed by atoms with Gasteiger partial charge in [-0.3, -0.25) is 4.79 Å². The zero-order valence-electron chi connectivity index (χ0n) is 15.5. The maximum Gasteiger partial charge on any atom is 0.306 e. The standard InChI is InChI=1S/C21H22ClFO4/c1-12(20(24)25)6-13-4-5-18(17(23)7-13)26-10-14-8-15(22)9-16-19(14)27-11-21(16,2)3/h4-5,7-9,12H,6,10-11H2,1-3H3,(H,24,25). The summed E-state index contributed by atoms with van der Waals surface area (Å²) < 4.78 is 25.8. The van der Waals surface area contributed by atoms with Crippen LogP contribution in [0.1, 0.15) is 37.5 Å². The van der Waals surface area contributed by atoms with Crippen molar-refractivity contribution in [2.24, 2.45) is 5.92 Å². The Kier molecular flexibility index (Phi) is 5.33. The zero-order valence-corrected chi connectivity index (χ0v) is 16.3. The van der Waals surface area contributed by atoms with Crippen LogP contribution >= 0.6 is 11.6 Å². The molecular formula is C21H22ClFO4. The summed E-state index contributed by atoms with van der Waals surface area (Å²) in [6.45, 7) is 6.43. The summed E-state index contributed by atoms with van der Waals surface area (Å²) >= 11 is 6.23. The van der Waals surface area contributed by atoms with E-state index in [1.807, 2.05) is 6.07 Å². The quantitative estimate of drug-likeness (QED) is 0.752. The molecule has 1 unspecified atom stereocenters. The van der Waals surface area contributed by atoms with Gasteiger partial charge in [0, 0.05) is 21.6 Å². The minimum atomic E-state index is -0.909. The molecule has 2 aromatic rings. The number of hydrogen-bond acceptors (Lipinski definition) is 3. The first kappa shape index (κ1) is 19.5. The molecule has 6 heteroatoms. The highest BCUT2D eigenvalue weighted by molar-refractivity contribution is 6.30. The highest BCUT2D eigenvalue weighted by atomic mass is 35.5. The van der Waals surface area contributed by atoms with Gasteiger partial charge in [0.25, 0.3) is 0 Å². The van der Waals surface area contributed by atoms with Gasteiger partial charge < -0.3 is 14.6 Å². The Morgan fingerprint density at radius 1 is 1.37 bits per heavy atom. The number of benzene rings is 2. The predicted molar refractivity (Wildman–Crippen MR) is 101 cm³/mol. The third kappa shape index (κ3) is 4.19. The molecule has 0 amide bonds. The first-order valence-electron chi connectivity index (χ1n) is 8.77. The molecule has 0 spiro atoms. The molecule has 1 heterocycles. The van der Waals surface area contributed by atoms with Crippen LogP contribution in [0.3, 0.4) is 0 Å². The molecule has 1 N–H and O–H groups in total. The Morgan fingerprint density at radius 3 is 2.78 bits per heavy atom. The fraction of sp³-hybridized carbons (Fsp3) is 0.381. The highest BCUT2D eigenvalue weighted by Gasteiger charge is 2.34. The molecule has 4 nitrogen and oxygen atoms in total. The Balaban J connectivity index is 1.76. The van der Waals surface area contributed by atoms with Gasteiger partial charge in [-0.25, -0.2) is 4.39 Å². The topological polar surface area (TPSA) is 55.8 Å². The second kappa shape index (κ2) is 7.39. The number of carboxylic acids is 1. The van der Waals surface area contributed by atoms with Crippen molar-refractivity contribution in [3.05, 3.63) is 57.9 Å². The van der Waals surface area contributed by atoms with Gasteiger partial charge in [0.15, 0.2) is 11.6 Å². The third-order valence-electron chi connectivity index (χ3n) is 4.78. The average molecular weight is 393 g/mol. The smallest absolute Gasteiger partial charge is 0.306 e. The van der Waals surface area contributed by atoms with Crippen molar-refractivity contribution in [2.75, 3.05) is 6.61 Å². The van der Waals surface area contributed by atoms with Crippen molar-refractivity contribution >= 4 is 17.6 Å². The van der Waals surface area contributed by atoms with Crippen molar-refractivity contribution in [2.45, 2.75) is 39.2 Å². The normalized spacial score (nSPS) is 15.7. The first-order chi connectivity index (χ1) is 12.7. The van der Waals surface area contributed by atoms with Gasteiger partial charge in [0.1, 0.15) is 12.4 Å². The Morgan fingerprint density at radius 2 is 2.11 bits per heavy atom. The predicted octanol–water partition coefficient (Wildman–Crippen LogP) is 4.99. The number of fused-ring (bicyclic) bond motifs is 1. The second-order valence-electron chi connectivity index (χ2n) is 7.61. The van der Waals surface area contributed by atoms with Crippen LogP contribution in [0, 0.1) is 11.7 Å². The van der Waals surface area contributed by atoms with Gasteiger partial charge >= 0.3 is 5.97 Å². The summed E-state index contributed by atoms with van der Waals surface area (Å²) in [6.07, 6.45) is 0.261. The number of rotatable bonds is 6. The molecule has 1 atom stereocenters. The van der Waals surface area contributed by atoms with Gasteiger partial charge in [0.2, 0.25) is 0 Å². The summed E-state index contributed by atoms with van der Waals surface area (Å²) in [4.78, 5) is 10.9. The van der Waals surface area contributed by atoms with Crippen molar-refractivity contribution in [1.82, 2.24) is 0 Å². The lowest BCUT2D eigenvalue weighted by Gasteiger charge is -2.16. The lowest BCUT2D eigenvalue weighted by molar-refractivity contribution is -0.141. The lowest BCUT2D eigenvalue weighted by atomic mass is 9.86. The van der Waals surface area contributed by atoms with E-state index in [4.69, 9.17) is 26.2 Å². The molecule has 3 rings (SSSR count). The molecule has 2 aromatic carbocycles. The molecule has 0 aromatic heterocycles. The highest BCUT2D eigenvalue weighted by Crippen LogP contribution is 2.42. The molecule has 0 fully saturated rings. The summed E-state index contributed by atoms with van der Waals surface area (Å²) in [6, 6.07) is 8.18. The van der Waals surface area contributed by atoms with E-state index >= 15 is 0 Å². The van der Waals surface area contributed by atoms with Crippen molar-refractivity contribution < 1.29 is 23.8 Å². The fourth-order valence-electron chi connectivity index (χ4n) is 3.15. The number of ether oxygens (including phenoxy) is 2. The maximum atomic E-state index is 14.4. The summed E-state index contributed by atoms with van der Waals surface area (Å²) in [5.74, 6) is -1.16. The van der Waals surface area contributed by atoms with E-state index in [2.05, 4.69) is 13.8 Å². The van der Waals surface area contributed by atoms with Gasteiger partial charge in [-0.05, 0) is 36.2 Å². The van der Waals surface area contributed by atoms with Crippen molar-refractivity contribution in [1.29, 1.82) is 0 Å². The molecule has 0 radical (unpaired) electrons. The minimum Gasteiger partial charge on any atom is -0.492 e. The summed E-state index contributed by atoms with van der Waals surface area (Å²) in [5.41, 5.74) is 2.27. The van der Waals surface area contributed by atoms with Gasteiger partial charge in [-0.15, -0.1) is 0 Å². The van der Waals surface area contributed by atoms with E-state index in [-0.39, 0.29) is 24.2 Å². The first-order valence-corrected chi connectivity index (χ1v) is 9.15. The SMILES string of the molecule is CC(Cc1ccc(OCc2cc(Cl)cc3c2OCC3(C)C)c(F)c1)C(=O)O. The molecule has 0 bridgehead atoms. The van der Waals surface area contributed by atoms with E-state index in [0.29, 0.717) is 17.2 Å². The monoisotopic (exact) mass is 392 g/mol. The van der Waals surface area contributed by atoms with Crippen LogP contribution in [0.4, 0.5) is 4.39 Å². The number of halogens is 2. The number of aliphatic carboxylic acids is 1. The molecule has 0 saturated carbocycles. The van der Waals surface area contributed by atoms with Crippen LogP contribution in [-0.2, 0) is 23.2 Å². The van der Waals surface area contributed by atoms with Crippen molar-refractivity contribution in [3.8, 4) is 11.5 Å². The molecular weight excluding hydrogens is 371 g/mol. The van der Waals surface area contributed by atoms with Crippen LogP contribution in [0.2, 0.25) is 5.02 Å². The van der Waals surface area contributed by atoms with Crippen LogP contribution in [0.5, 0.6) is 11.5 Å². The van der Waals surface area contributed by atoms with E-state index in [0.717, 1.165) is 16.9 Å². The molecule has 1 aliphatic heterocycles.